The Balaban J connectivity index is 1.78. The molecule has 1 aliphatic carbocycles. The Hall–Kier alpha value is -0.650. The van der Waals surface area contributed by atoms with Gasteiger partial charge in [0.25, 0.3) is 0 Å². The average molecular weight is 283 g/mol. The third kappa shape index (κ3) is 4.72. The predicted octanol–water partition coefficient (Wildman–Crippen LogP) is 0.651. The van der Waals surface area contributed by atoms with E-state index in [4.69, 9.17) is 4.74 Å². The monoisotopic (exact) mass is 283 g/mol. The molecule has 2 aliphatic rings. The van der Waals surface area contributed by atoms with Gasteiger partial charge in [-0.25, -0.2) is 0 Å². The molecule has 0 spiro atoms. The summed E-state index contributed by atoms with van der Waals surface area (Å²) in [5, 5.41) is 0. The summed E-state index contributed by atoms with van der Waals surface area (Å²) in [5.41, 5.74) is 0. The van der Waals surface area contributed by atoms with Crippen molar-refractivity contribution in [1.82, 2.24) is 14.7 Å². The zero-order chi connectivity index (χ0) is 14.4. The molecule has 0 bridgehead atoms. The van der Waals surface area contributed by atoms with E-state index in [0.717, 1.165) is 39.3 Å². The van der Waals surface area contributed by atoms with Crippen molar-refractivity contribution in [3.8, 4) is 0 Å². The maximum atomic E-state index is 11.6. The van der Waals surface area contributed by atoms with Crippen molar-refractivity contribution in [3.63, 3.8) is 0 Å². The van der Waals surface area contributed by atoms with Crippen LogP contribution in [0.1, 0.15) is 25.7 Å². The highest BCUT2D eigenvalue weighted by atomic mass is 16.5. The SMILES string of the molecule is COC(=O)CN(CCN1CCN(C)CC1)C1CCCC1. The van der Waals surface area contributed by atoms with Crippen LogP contribution in [0.4, 0.5) is 0 Å². The van der Waals surface area contributed by atoms with Gasteiger partial charge in [0, 0.05) is 45.3 Å². The van der Waals surface area contributed by atoms with E-state index >= 15 is 0 Å². The van der Waals surface area contributed by atoms with Gasteiger partial charge < -0.3 is 9.64 Å². The Bertz CT molecular complexity index is 297. The van der Waals surface area contributed by atoms with Gasteiger partial charge in [-0.2, -0.15) is 0 Å². The predicted molar refractivity (Wildman–Crippen MR) is 79.8 cm³/mol. The number of esters is 1. The number of piperazine rings is 1. The van der Waals surface area contributed by atoms with Gasteiger partial charge in [0.2, 0.25) is 0 Å². The van der Waals surface area contributed by atoms with Crippen molar-refractivity contribution in [1.29, 1.82) is 0 Å². The number of hydrogen-bond acceptors (Lipinski definition) is 5. The normalized spacial score (nSPS) is 22.6. The fraction of sp³-hybridized carbons (Fsp3) is 0.933. The zero-order valence-corrected chi connectivity index (χ0v) is 13.0. The number of methoxy groups -OCH3 is 1. The summed E-state index contributed by atoms with van der Waals surface area (Å²) in [6.07, 6.45) is 5.08. The topological polar surface area (TPSA) is 36.0 Å². The smallest absolute Gasteiger partial charge is 0.319 e. The number of carbonyl (C=O) groups is 1. The van der Waals surface area contributed by atoms with E-state index in [-0.39, 0.29) is 5.97 Å². The van der Waals surface area contributed by atoms with Gasteiger partial charge >= 0.3 is 5.97 Å². The number of ether oxygens (including phenoxy) is 1. The molecule has 1 saturated carbocycles. The summed E-state index contributed by atoms with van der Waals surface area (Å²) in [7, 11) is 3.66. The first-order valence-corrected chi connectivity index (χ1v) is 7.91. The minimum Gasteiger partial charge on any atom is -0.468 e. The molecule has 0 amide bonds. The molecule has 0 aromatic heterocycles. The van der Waals surface area contributed by atoms with Crippen LogP contribution in [0, 0.1) is 0 Å². The van der Waals surface area contributed by atoms with Crippen molar-refractivity contribution in [3.05, 3.63) is 0 Å². The second kappa shape index (κ2) is 7.96. The van der Waals surface area contributed by atoms with Gasteiger partial charge in [-0.3, -0.25) is 14.6 Å². The lowest BCUT2D eigenvalue weighted by atomic mass is 10.2. The van der Waals surface area contributed by atoms with Crippen LogP contribution >= 0.6 is 0 Å². The Morgan fingerprint density at radius 3 is 2.45 bits per heavy atom. The van der Waals surface area contributed by atoms with E-state index in [1.807, 2.05) is 0 Å². The molecule has 116 valence electrons. The molecule has 20 heavy (non-hydrogen) atoms. The van der Waals surface area contributed by atoms with Crippen LogP contribution in [-0.4, -0.2) is 86.7 Å². The fourth-order valence-electron chi connectivity index (χ4n) is 3.23. The van der Waals surface area contributed by atoms with Crippen LogP contribution in [0.2, 0.25) is 0 Å². The summed E-state index contributed by atoms with van der Waals surface area (Å²) in [6.45, 7) is 7.11. The van der Waals surface area contributed by atoms with Crippen molar-refractivity contribution in [2.45, 2.75) is 31.7 Å². The molecule has 5 heteroatoms. The molecule has 0 atom stereocenters. The largest absolute Gasteiger partial charge is 0.468 e. The molecular weight excluding hydrogens is 254 g/mol. The first-order chi connectivity index (χ1) is 9.69. The third-order valence-electron chi connectivity index (χ3n) is 4.70. The van der Waals surface area contributed by atoms with E-state index < -0.39 is 0 Å². The van der Waals surface area contributed by atoms with Gasteiger partial charge in [0.1, 0.15) is 0 Å². The molecule has 1 aliphatic heterocycles. The van der Waals surface area contributed by atoms with Crippen LogP contribution in [-0.2, 0) is 9.53 Å². The van der Waals surface area contributed by atoms with Crippen LogP contribution < -0.4 is 0 Å². The van der Waals surface area contributed by atoms with Gasteiger partial charge in [-0.15, -0.1) is 0 Å². The summed E-state index contributed by atoms with van der Waals surface area (Å²) in [4.78, 5) is 18.8. The van der Waals surface area contributed by atoms with Gasteiger partial charge in [0.15, 0.2) is 0 Å². The molecule has 0 unspecified atom stereocenters. The fourth-order valence-corrected chi connectivity index (χ4v) is 3.23. The highest BCUT2D eigenvalue weighted by molar-refractivity contribution is 5.71. The van der Waals surface area contributed by atoms with Crippen LogP contribution in [0.25, 0.3) is 0 Å². The average Bonchev–Trinajstić information content (AvgIpc) is 2.99. The highest BCUT2D eigenvalue weighted by Gasteiger charge is 2.25. The van der Waals surface area contributed by atoms with Gasteiger partial charge in [-0.05, 0) is 19.9 Å². The number of likely N-dealkylation sites (N-methyl/N-ethyl adjacent to an activating group) is 1. The quantitative estimate of drug-likeness (QED) is 0.669. The maximum absolute atomic E-state index is 11.6. The van der Waals surface area contributed by atoms with E-state index in [0.29, 0.717) is 12.6 Å². The van der Waals surface area contributed by atoms with E-state index in [1.54, 1.807) is 0 Å². The lowest BCUT2D eigenvalue weighted by Gasteiger charge is -2.35. The summed E-state index contributed by atoms with van der Waals surface area (Å²) in [6, 6.07) is 0.585. The van der Waals surface area contributed by atoms with Crippen molar-refractivity contribution >= 4 is 5.97 Å². The molecular formula is C15H29N3O2. The second-order valence-electron chi connectivity index (χ2n) is 6.13. The minimum atomic E-state index is -0.102. The van der Waals surface area contributed by atoms with Crippen molar-refractivity contribution < 1.29 is 9.53 Å². The molecule has 1 saturated heterocycles. The van der Waals surface area contributed by atoms with Gasteiger partial charge in [-0.1, -0.05) is 12.8 Å². The number of nitrogens with zero attached hydrogens (tertiary/aromatic N) is 3. The summed E-state index contributed by atoms with van der Waals surface area (Å²) >= 11 is 0. The molecule has 1 heterocycles. The Morgan fingerprint density at radius 2 is 1.85 bits per heavy atom. The Morgan fingerprint density at radius 1 is 1.20 bits per heavy atom. The van der Waals surface area contributed by atoms with Crippen molar-refractivity contribution in [2.24, 2.45) is 0 Å². The van der Waals surface area contributed by atoms with Gasteiger partial charge in [0.05, 0.1) is 13.7 Å². The lowest BCUT2D eigenvalue weighted by molar-refractivity contribution is -0.142. The Kier molecular flexibility index (Phi) is 6.26. The first-order valence-electron chi connectivity index (χ1n) is 7.91. The number of carbonyl (C=O) groups excluding carboxylic acids is 1. The van der Waals surface area contributed by atoms with Crippen LogP contribution in [0.3, 0.4) is 0 Å². The molecule has 0 radical (unpaired) electrons. The van der Waals surface area contributed by atoms with E-state index in [2.05, 4.69) is 21.7 Å². The third-order valence-corrected chi connectivity index (χ3v) is 4.70. The summed E-state index contributed by atoms with van der Waals surface area (Å²) in [5.74, 6) is -0.102. The van der Waals surface area contributed by atoms with E-state index in [1.165, 1.54) is 32.8 Å². The number of hydrogen-bond donors (Lipinski definition) is 0. The lowest BCUT2D eigenvalue weighted by Crippen LogP contribution is -2.48. The molecule has 0 N–H and O–H groups in total. The zero-order valence-electron chi connectivity index (χ0n) is 13.0. The molecule has 2 fully saturated rings. The molecule has 5 nitrogen and oxygen atoms in total. The molecule has 0 aromatic rings. The first kappa shape index (κ1) is 15.7. The second-order valence-corrected chi connectivity index (χ2v) is 6.13. The van der Waals surface area contributed by atoms with Crippen LogP contribution in [0.15, 0.2) is 0 Å². The minimum absolute atomic E-state index is 0.102. The summed E-state index contributed by atoms with van der Waals surface area (Å²) < 4.78 is 4.85. The molecule has 0 aromatic carbocycles. The van der Waals surface area contributed by atoms with Crippen molar-refractivity contribution in [2.75, 3.05) is 60.0 Å². The van der Waals surface area contributed by atoms with E-state index in [9.17, 15) is 4.79 Å². The Labute approximate surface area is 122 Å². The standard InChI is InChI=1S/C15H29N3O2/c1-16-7-9-17(10-8-16)11-12-18(13-15(19)20-2)14-5-3-4-6-14/h14H,3-13H2,1-2H3. The van der Waals surface area contributed by atoms with Crippen LogP contribution in [0.5, 0.6) is 0 Å². The highest BCUT2D eigenvalue weighted by Crippen LogP contribution is 2.23. The molecule has 2 rings (SSSR count). The number of rotatable bonds is 6. The maximum Gasteiger partial charge on any atom is 0.319 e.